The number of methoxy groups -OCH3 is 1. The lowest BCUT2D eigenvalue weighted by Crippen LogP contribution is -2.29. The second-order valence-electron chi connectivity index (χ2n) is 3.99. The van der Waals surface area contributed by atoms with Gasteiger partial charge in [0, 0.05) is 18.9 Å². The van der Waals surface area contributed by atoms with Gasteiger partial charge in [0.05, 0.1) is 18.1 Å². The van der Waals surface area contributed by atoms with Gasteiger partial charge in [0.2, 0.25) is 5.60 Å². The summed E-state index contributed by atoms with van der Waals surface area (Å²) in [4.78, 5) is 21.1. The number of hydrogen-bond acceptors (Lipinski definition) is 5. The molecule has 1 aliphatic rings. The van der Waals surface area contributed by atoms with Crippen LogP contribution in [0.1, 0.15) is 12.8 Å². The maximum absolute atomic E-state index is 11.0. The quantitative estimate of drug-likeness (QED) is 0.632. The van der Waals surface area contributed by atoms with Crippen molar-refractivity contribution in [2.24, 2.45) is 0 Å². The van der Waals surface area contributed by atoms with Gasteiger partial charge in [-0.05, 0) is 6.07 Å². The standard InChI is InChI=1S/C11H11NO6/c1-17-8-3-2-7(12(15)16)6-9(8)18-11(4-5-11)10(13)14/h2-3,6H,4-5H2,1H3,(H,13,14). The summed E-state index contributed by atoms with van der Waals surface area (Å²) < 4.78 is 10.4. The van der Waals surface area contributed by atoms with Crippen molar-refractivity contribution >= 4 is 11.7 Å². The summed E-state index contributed by atoms with van der Waals surface area (Å²) in [5.41, 5.74) is -1.44. The van der Waals surface area contributed by atoms with Crippen molar-refractivity contribution in [1.82, 2.24) is 0 Å². The average molecular weight is 253 g/mol. The number of nitro benzene ring substituents is 1. The molecule has 0 atom stereocenters. The first kappa shape index (κ1) is 12.2. The Morgan fingerprint density at radius 3 is 2.56 bits per heavy atom. The van der Waals surface area contributed by atoms with Gasteiger partial charge in [0.25, 0.3) is 5.69 Å². The lowest BCUT2D eigenvalue weighted by molar-refractivity contribution is -0.385. The molecule has 0 radical (unpaired) electrons. The van der Waals surface area contributed by atoms with E-state index in [1.807, 2.05) is 0 Å². The topological polar surface area (TPSA) is 98.9 Å². The average Bonchev–Trinajstić information content (AvgIpc) is 3.10. The molecule has 2 rings (SSSR count). The first-order chi connectivity index (χ1) is 8.48. The van der Waals surface area contributed by atoms with Gasteiger partial charge >= 0.3 is 5.97 Å². The first-order valence-corrected chi connectivity index (χ1v) is 5.23. The van der Waals surface area contributed by atoms with Crippen LogP contribution in [0.15, 0.2) is 18.2 Å². The smallest absolute Gasteiger partial charge is 0.348 e. The maximum Gasteiger partial charge on any atom is 0.348 e. The van der Waals surface area contributed by atoms with Crippen molar-refractivity contribution < 1.29 is 24.3 Å². The zero-order chi connectivity index (χ0) is 13.3. The van der Waals surface area contributed by atoms with Crippen LogP contribution in [-0.2, 0) is 4.79 Å². The fourth-order valence-corrected chi connectivity index (χ4v) is 1.54. The SMILES string of the molecule is COc1ccc([N+](=O)[O-])cc1OC1(C(=O)O)CC1. The number of hydrogen-bond donors (Lipinski definition) is 1. The summed E-state index contributed by atoms with van der Waals surface area (Å²) in [7, 11) is 1.38. The first-order valence-electron chi connectivity index (χ1n) is 5.23. The summed E-state index contributed by atoms with van der Waals surface area (Å²) in [6.07, 6.45) is 0.766. The van der Waals surface area contributed by atoms with Crippen LogP contribution >= 0.6 is 0 Å². The molecule has 0 aliphatic heterocycles. The molecule has 1 fully saturated rings. The molecule has 1 aliphatic carbocycles. The Hall–Kier alpha value is -2.31. The largest absolute Gasteiger partial charge is 0.493 e. The second-order valence-corrected chi connectivity index (χ2v) is 3.99. The highest BCUT2D eigenvalue weighted by Crippen LogP contribution is 2.44. The number of rotatable bonds is 5. The molecule has 18 heavy (non-hydrogen) atoms. The predicted octanol–water partition coefficient (Wildman–Crippen LogP) is 1.60. The number of non-ortho nitro benzene ring substituents is 1. The zero-order valence-electron chi connectivity index (χ0n) is 9.58. The van der Waals surface area contributed by atoms with Gasteiger partial charge in [-0.2, -0.15) is 0 Å². The monoisotopic (exact) mass is 253 g/mol. The molecule has 7 heteroatoms. The molecular formula is C11H11NO6. The summed E-state index contributed by atoms with van der Waals surface area (Å²) in [5.74, 6) is -0.726. The van der Waals surface area contributed by atoms with Crippen LogP contribution in [-0.4, -0.2) is 28.7 Å². The number of nitro groups is 1. The third-order valence-electron chi connectivity index (χ3n) is 2.76. The molecule has 7 nitrogen and oxygen atoms in total. The van der Waals surface area contributed by atoms with E-state index >= 15 is 0 Å². The van der Waals surface area contributed by atoms with Crippen molar-refractivity contribution in [3.8, 4) is 11.5 Å². The predicted molar refractivity (Wildman–Crippen MR) is 59.9 cm³/mol. The van der Waals surface area contributed by atoms with Crippen LogP contribution < -0.4 is 9.47 Å². The van der Waals surface area contributed by atoms with E-state index in [-0.39, 0.29) is 17.2 Å². The Morgan fingerprint density at radius 1 is 1.44 bits per heavy atom. The molecule has 0 heterocycles. The highest BCUT2D eigenvalue weighted by atomic mass is 16.6. The Kier molecular flexibility index (Phi) is 2.82. The summed E-state index contributed by atoms with van der Waals surface area (Å²) in [5, 5.41) is 19.7. The minimum absolute atomic E-state index is 0.0756. The van der Waals surface area contributed by atoms with Crippen LogP contribution in [0, 0.1) is 10.1 Å². The molecule has 0 spiro atoms. The third-order valence-corrected chi connectivity index (χ3v) is 2.76. The normalized spacial score (nSPS) is 15.8. The highest BCUT2D eigenvalue weighted by molar-refractivity contribution is 5.81. The van der Waals surface area contributed by atoms with Crippen molar-refractivity contribution in [2.45, 2.75) is 18.4 Å². The van der Waals surface area contributed by atoms with Crippen LogP contribution in [0.3, 0.4) is 0 Å². The van der Waals surface area contributed by atoms with Gasteiger partial charge in [0.1, 0.15) is 0 Å². The number of carbonyl (C=O) groups is 1. The number of carboxylic acid groups (broad SMARTS) is 1. The van der Waals surface area contributed by atoms with E-state index in [1.54, 1.807) is 0 Å². The van der Waals surface area contributed by atoms with E-state index in [2.05, 4.69) is 0 Å². The molecular weight excluding hydrogens is 242 g/mol. The van der Waals surface area contributed by atoms with E-state index < -0.39 is 16.5 Å². The number of aliphatic carboxylic acids is 1. The minimum atomic E-state index is -1.26. The molecule has 0 aromatic heterocycles. The van der Waals surface area contributed by atoms with Crippen LogP contribution in [0.5, 0.6) is 11.5 Å². The maximum atomic E-state index is 11.0. The number of carboxylic acids is 1. The van der Waals surface area contributed by atoms with Gasteiger partial charge in [-0.25, -0.2) is 4.79 Å². The van der Waals surface area contributed by atoms with Crippen LogP contribution in [0.4, 0.5) is 5.69 Å². The molecule has 0 bridgehead atoms. The Morgan fingerprint density at radius 2 is 2.11 bits per heavy atom. The summed E-state index contributed by atoms with van der Waals surface area (Å²) in [6, 6.07) is 3.82. The highest BCUT2D eigenvalue weighted by Gasteiger charge is 2.54. The Balaban J connectivity index is 2.33. The molecule has 1 aromatic carbocycles. The third kappa shape index (κ3) is 2.06. The molecule has 1 saturated carbocycles. The lowest BCUT2D eigenvalue weighted by Gasteiger charge is -2.15. The Bertz CT molecular complexity index is 508. The Labute approximate surface area is 102 Å². The number of ether oxygens (including phenoxy) is 2. The fraction of sp³-hybridized carbons (Fsp3) is 0.364. The van der Waals surface area contributed by atoms with E-state index in [4.69, 9.17) is 14.6 Å². The van der Waals surface area contributed by atoms with Gasteiger partial charge < -0.3 is 14.6 Å². The van der Waals surface area contributed by atoms with Crippen molar-refractivity contribution in [3.63, 3.8) is 0 Å². The molecule has 0 amide bonds. The van der Waals surface area contributed by atoms with Crippen LogP contribution in [0.25, 0.3) is 0 Å². The lowest BCUT2D eigenvalue weighted by atomic mass is 10.2. The second kappa shape index (κ2) is 4.17. The molecule has 1 aromatic rings. The fourth-order valence-electron chi connectivity index (χ4n) is 1.54. The minimum Gasteiger partial charge on any atom is -0.493 e. The number of nitrogens with zero attached hydrogens (tertiary/aromatic N) is 1. The molecule has 96 valence electrons. The van der Waals surface area contributed by atoms with Gasteiger partial charge in [-0.1, -0.05) is 0 Å². The van der Waals surface area contributed by atoms with Gasteiger partial charge in [-0.15, -0.1) is 0 Å². The molecule has 1 N–H and O–H groups in total. The van der Waals surface area contributed by atoms with E-state index in [0.29, 0.717) is 12.8 Å². The molecule has 0 saturated heterocycles. The van der Waals surface area contributed by atoms with E-state index in [9.17, 15) is 14.9 Å². The van der Waals surface area contributed by atoms with Gasteiger partial charge in [0.15, 0.2) is 11.5 Å². The van der Waals surface area contributed by atoms with Crippen molar-refractivity contribution in [1.29, 1.82) is 0 Å². The zero-order valence-corrected chi connectivity index (χ0v) is 9.58. The van der Waals surface area contributed by atoms with Crippen molar-refractivity contribution in [3.05, 3.63) is 28.3 Å². The van der Waals surface area contributed by atoms with E-state index in [0.717, 1.165) is 0 Å². The van der Waals surface area contributed by atoms with Crippen LogP contribution in [0.2, 0.25) is 0 Å². The van der Waals surface area contributed by atoms with Crippen molar-refractivity contribution in [2.75, 3.05) is 7.11 Å². The number of benzene rings is 1. The summed E-state index contributed by atoms with van der Waals surface area (Å²) in [6.45, 7) is 0. The molecule has 0 unspecified atom stereocenters. The van der Waals surface area contributed by atoms with Gasteiger partial charge in [-0.3, -0.25) is 10.1 Å². The van der Waals surface area contributed by atoms with E-state index in [1.165, 1.54) is 25.3 Å². The summed E-state index contributed by atoms with van der Waals surface area (Å²) >= 11 is 0.